The van der Waals surface area contributed by atoms with Gasteiger partial charge in [-0.15, -0.1) is 0 Å². The topological polar surface area (TPSA) is 55.8 Å². The molecule has 0 amide bonds. The maximum absolute atomic E-state index is 11.4. The fraction of sp³-hybridized carbons (Fsp3) is 0.933. The van der Waals surface area contributed by atoms with Crippen molar-refractivity contribution >= 4 is 5.97 Å². The number of rotatable bonds is 12. The van der Waals surface area contributed by atoms with Gasteiger partial charge in [-0.05, 0) is 79.9 Å². The van der Waals surface area contributed by atoms with Crippen molar-refractivity contribution in [3.8, 4) is 0 Å². The van der Waals surface area contributed by atoms with Crippen molar-refractivity contribution in [1.82, 2.24) is 15.1 Å². The maximum atomic E-state index is 11.4. The fourth-order valence-electron chi connectivity index (χ4n) is 2.14. The van der Waals surface area contributed by atoms with Crippen LogP contribution in [0.1, 0.15) is 39.5 Å². The van der Waals surface area contributed by atoms with Crippen LogP contribution in [0.5, 0.6) is 0 Å². The van der Waals surface area contributed by atoms with Crippen LogP contribution in [0.3, 0.4) is 0 Å². The van der Waals surface area contributed by atoms with E-state index < -0.39 is 11.5 Å². The van der Waals surface area contributed by atoms with Crippen molar-refractivity contribution in [2.24, 2.45) is 0 Å². The summed E-state index contributed by atoms with van der Waals surface area (Å²) in [4.78, 5) is 15.8. The molecule has 0 aromatic carbocycles. The predicted molar refractivity (Wildman–Crippen MR) is 84.2 cm³/mol. The molecule has 1 unspecified atom stereocenters. The van der Waals surface area contributed by atoms with Crippen LogP contribution < -0.4 is 5.32 Å². The zero-order valence-electron chi connectivity index (χ0n) is 13.9. The maximum Gasteiger partial charge on any atom is 0.323 e. The van der Waals surface area contributed by atoms with Gasteiger partial charge in [-0.1, -0.05) is 6.92 Å². The molecule has 0 fully saturated rings. The van der Waals surface area contributed by atoms with Crippen molar-refractivity contribution in [2.45, 2.75) is 45.1 Å². The standard InChI is InChI=1S/C15H33N3O2/c1-6-10-16-15(2,14(19)20)9-7-12-18(5)13-8-11-17(3)4/h16H,6-13H2,1-5H3,(H,19,20). The molecule has 0 aromatic rings. The van der Waals surface area contributed by atoms with Crippen molar-refractivity contribution in [3.63, 3.8) is 0 Å². The number of carboxylic acids is 1. The Hall–Kier alpha value is -0.650. The van der Waals surface area contributed by atoms with E-state index in [1.807, 2.05) is 6.92 Å². The molecule has 0 rings (SSSR count). The lowest BCUT2D eigenvalue weighted by atomic mass is 9.95. The third kappa shape index (κ3) is 8.51. The van der Waals surface area contributed by atoms with Gasteiger partial charge in [-0.25, -0.2) is 0 Å². The molecule has 120 valence electrons. The average molecular weight is 287 g/mol. The Balaban J connectivity index is 3.96. The van der Waals surface area contributed by atoms with Gasteiger partial charge in [0.25, 0.3) is 0 Å². The molecule has 1 atom stereocenters. The Morgan fingerprint density at radius 2 is 1.75 bits per heavy atom. The number of hydrogen-bond acceptors (Lipinski definition) is 4. The predicted octanol–water partition coefficient (Wildman–Crippen LogP) is 1.49. The van der Waals surface area contributed by atoms with E-state index in [2.05, 4.69) is 36.3 Å². The molecule has 2 N–H and O–H groups in total. The Morgan fingerprint density at radius 3 is 2.25 bits per heavy atom. The smallest absolute Gasteiger partial charge is 0.323 e. The summed E-state index contributed by atoms with van der Waals surface area (Å²) >= 11 is 0. The minimum atomic E-state index is -0.791. The highest BCUT2D eigenvalue weighted by Crippen LogP contribution is 2.13. The molecule has 0 aliphatic heterocycles. The monoisotopic (exact) mass is 287 g/mol. The van der Waals surface area contributed by atoms with Gasteiger partial charge in [-0.2, -0.15) is 0 Å². The van der Waals surface area contributed by atoms with E-state index >= 15 is 0 Å². The zero-order valence-corrected chi connectivity index (χ0v) is 13.9. The van der Waals surface area contributed by atoms with Crippen molar-refractivity contribution < 1.29 is 9.90 Å². The van der Waals surface area contributed by atoms with Crippen LogP contribution >= 0.6 is 0 Å². The third-order valence-corrected chi connectivity index (χ3v) is 3.60. The van der Waals surface area contributed by atoms with E-state index in [-0.39, 0.29) is 0 Å². The van der Waals surface area contributed by atoms with Crippen LogP contribution in [0, 0.1) is 0 Å². The zero-order chi connectivity index (χ0) is 15.6. The summed E-state index contributed by atoms with van der Waals surface area (Å²) in [6, 6.07) is 0. The minimum absolute atomic E-state index is 0.667. The van der Waals surface area contributed by atoms with Crippen LogP contribution in [-0.4, -0.2) is 73.7 Å². The quantitative estimate of drug-likeness (QED) is 0.569. The van der Waals surface area contributed by atoms with Crippen LogP contribution in [0.4, 0.5) is 0 Å². The van der Waals surface area contributed by atoms with Crippen LogP contribution in [0.15, 0.2) is 0 Å². The summed E-state index contributed by atoms with van der Waals surface area (Å²) in [5, 5.41) is 12.5. The lowest BCUT2D eigenvalue weighted by molar-refractivity contribution is -0.144. The molecule has 0 aliphatic carbocycles. The first-order valence-electron chi connectivity index (χ1n) is 7.63. The summed E-state index contributed by atoms with van der Waals surface area (Å²) in [7, 11) is 6.27. The van der Waals surface area contributed by atoms with E-state index in [4.69, 9.17) is 0 Å². The van der Waals surface area contributed by atoms with Gasteiger partial charge in [0.2, 0.25) is 0 Å². The first kappa shape index (κ1) is 19.4. The van der Waals surface area contributed by atoms with Gasteiger partial charge in [0, 0.05) is 0 Å². The number of carbonyl (C=O) groups is 1. The number of hydrogen-bond donors (Lipinski definition) is 2. The summed E-state index contributed by atoms with van der Waals surface area (Å²) in [5.41, 5.74) is -0.791. The Kier molecular flexibility index (Phi) is 9.80. The largest absolute Gasteiger partial charge is 0.480 e. The second-order valence-corrected chi connectivity index (χ2v) is 6.13. The molecule has 0 spiro atoms. The van der Waals surface area contributed by atoms with Crippen LogP contribution in [0.2, 0.25) is 0 Å². The van der Waals surface area contributed by atoms with Gasteiger partial charge in [0.15, 0.2) is 0 Å². The van der Waals surface area contributed by atoms with Crippen LogP contribution in [0.25, 0.3) is 0 Å². The SMILES string of the molecule is CCCNC(C)(CCCN(C)CCCN(C)C)C(=O)O. The summed E-state index contributed by atoms with van der Waals surface area (Å²) in [6.45, 7) is 7.69. The Labute approximate surface area is 124 Å². The molecule has 20 heavy (non-hydrogen) atoms. The van der Waals surface area contributed by atoms with E-state index in [0.717, 1.165) is 45.4 Å². The third-order valence-electron chi connectivity index (χ3n) is 3.60. The first-order valence-corrected chi connectivity index (χ1v) is 7.63. The van der Waals surface area contributed by atoms with E-state index in [1.165, 1.54) is 0 Å². The lowest BCUT2D eigenvalue weighted by Crippen LogP contribution is -2.50. The van der Waals surface area contributed by atoms with Crippen molar-refractivity contribution in [2.75, 3.05) is 47.3 Å². The van der Waals surface area contributed by atoms with Gasteiger partial charge in [0.05, 0.1) is 0 Å². The molecule has 0 saturated carbocycles. The molecule has 0 saturated heterocycles. The molecule has 0 bridgehead atoms. The van der Waals surface area contributed by atoms with Gasteiger partial charge < -0.3 is 20.2 Å². The summed E-state index contributed by atoms with van der Waals surface area (Å²) in [5.74, 6) is -0.749. The molecule has 5 nitrogen and oxygen atoms in total. The van der Waals surface area contributed by atoms with Crippen molar-refractivity contribution in [1.29, 1.82) is 0 Å². The number of nitrogens with one attached hydrogen (secondary N) is 1. The number of carboxylic acid groups (broad SMARTS) is 1. The Bertz CT molecular complexity index is 272. The molecule has 0 heterocycles. The van der Waals surface area contributed by atoms with Crippen molar-refractivity contribution in [3.05, 3.63) is 0 Å². The van der Waals surface area contributed by atoms with Gasteiger partial charge in [0.1, 0.15) is 5.54 Å². The van der Waals surface area contributed by atoms with Gasteiger partial charge >= 0.3 is 5.97 Å². The number of nitrogens with zero attached hydrogens (tertiary/aromatic N) is 2. The first-order chi connectivity index (χ1) is 9.31. The highest BCUT2D eigenvalue weighted by molar-refractivity contribution is 5.78. The van der Waals surface area contributed by atoms with E-state index in [1.54, 1.807) is 6.92 Å². The second-order valence-electron chi connectivity index (χ2n) is 6.13. The fourth-order valence-corrected chi connectivity index (χ4v) is 2.14. The molecular weight excluding hydrogens is 254 g/mol. The van der Waals surface area contributed by atoms with E-state index in [0.29, 0.717) is 6.42 Å². The molecule has 5 heteroatoms. The lowest BCUT2D eigenvalue weighted by Gasteiger charge is -2.27. The number of aliphatic carboxylic acids is 1. The molecule has 0 aromatic heterocycles. The molecular formula is C15H33N3O2. The van der Waals surface area contributed by atoms with E-state index in [9.17, 15) is 9.90 Å². The van der Waals surface area contributed by atoms with Gasteiger partial charge in [-0.3, -0.25) is 4.79 Å². The summed E-state index contributed by atoms with van der Waals surface area (Å²) in [6.07, 6.45) is 3.67. The minimum Gasteiger partial charge on any atom is -0.480 e. The highest BCUT2D eigenvalue weighted by Gasteiger charge is 2.31. The molecule has 0 radical (unpaired) electrons. The average Bonchev–Trinajstić information content (AvgIpc) is 2.35. The summed E-state index contributed by atoms with van der Waals surface area (Å²) < 4.78 is 0. The molecule has 0 aliphatic rings. The normalized spacial score (nSPS) is 14.8. The highest BCUT2D eigenvalue weighted by atomic mass is 16.4. The second kappa shape index (κ2) is 10.1. The Morgan fingerprint density at radius 1 is 1.15 bits per heavy atom. The van der Waals surface area contributed by atoms with Crippen LogP contribution in [-0.2, 0) is 4.79 Å².